The van der Waals surface area contributed by atoms with Gasteiger partial charge in [0.05, 0.1) is 34.3 Å². The second-order valence-corrected chi connectivity index (χ2v) is 9.47. The number of benzodiazepines with no additional fused rings is 1. The monoisotopic (exact) mass is 480 g/mol. The minimum Gasteiger partial charge on any atom is -0.456 e. The predicted octanol–water partition coefficient (Wildman–Crippen LogP) is 4.88. The lowest BCUT2D eigenvalue weighted by atomic mass is 9.94. The van der Waals surface area contributed by atoms with E-state index < -0.39 is 17.7 Å². The first-order chi connectivity index (χ1) is 17.2. The van der Waals surface area contributed by atoms with Crippen LogP contribution < -0.4 is 10.2 Å². The summed E-state index contributed by atoms with van der Waals surface area (Å²) in [6, 6.07) is 22.1. The maximum absolute atomic E-state index is 13.9. The average molecular weight is 481 g/mol. The highest BCUT2D eigenvalue weighted by Crippen LogP contribution is 2.38. The van der Waals surface area contributed by atoms with Crippen LogP contribution in [-0.2, 0) is 9.53 Å². The Bertz CT molecular complexity index is 1400. The van der Waals surface area contributed by atoms with E-state index in [1.807, 2.05) is 51.1 Å². The van der Waals surface area contributed by atoms with Crippen LogP contribution in [0.4, 0.5) is 11.4 Å². The molecule has 0 aliphatic carbocycles. The molecule has 4 rings (SSSR count). The molecule has 0 saturated heterocycles. The Hall–Kier alpha value is -4.28. The molecule has 0 aromatic heterocycles. The molecular weight excluding hydrogens is 452 g/mol. The smallest absolute Gasteiger partial charge is 0.339 e. The van der Waals surface area contributed by atoms with Crippen LogP contribution in [0.2, 0.25) is 0 Å². The molecule has 0 radical (unpaired) electrons. The van der Waals surface area contributed by atoms with Crippen LogP contribution in [0.3, 0.4) is 0 Å². The highest BCUT2D eigenvalue weighted by Gasteiger charge is 2.36. The first-order valence-corrected chi connectivity index (χ1v) is 11.7. The standard InChI is InChI=1S/C29H28N4O3/c1-18-20(17-30)13-9-15-22(18)33-23-16-10-14-21(28(35)36-29(2,3)4)24(23)25(19-11-7-6-8-12-19)32-26(31-5)27(33)34/h6-16,26,31H,1-5H3. The van der Waals surface area contributed by atoms with Crippen molar-refractivity contribution in [3.63, 3.8) is 0 Å². The molecule has 3 aromatic carbocycles. The number of hydrogen-bond donors (Lipinski definition) is 1. The summed E-state index contributed by atoms with van der Waals surface area (Å²) in [5.74, 6) is -0.843. The molecule has 0 saturated carbocycles. The number of nitrogens with zero attached hydrogens (tertiary/aromatic N) is 3. The lowest BCUT2D eigenvalue weighted by Gasteiger charge is -2.28. The SMILES string of the molecule is CNC1N=C(c2ccccc2)c2c(C(=O)OC(C)(C)C)cccc2N(c2cccc(C#N)c2C)C1=O. The zero-order valence-electron chi connectivity index (χ0n) is 21.0. The van der Waals surface area contributed by atoms with Crippen molar-refractivity contribution in [2.24, 2.45) is 4.99 Å². The fraction of sp³-hybridized carbons (Fsp3) is 0.241. The van der Waals surface area contributed by atoms with Gasteiger partial charge < -0.3 is 4.74 Å². The average Bonchev–Trinajstić information content (AvgIpc) is 2.97. The van der Waals surface area contributed by atoms with E-state index in [2.05, 4.69) is 11.4 Å². The van der Waals surface area contributed by atoms with Gasteiger partial charge >= 0.3 is 5.97 Å². The van der Waals surface area contributed by atoms with Crippen molar-refractivity contribution >= 4 is 29.0 Å². The van der Waals surface area contributed by atoms with Crippen LogP contribution >= 0.6 is 0 Å². The molecule has 1 atom stereocenters. The zero-order chi connectivity index (χ0) is 26.0. The maximum Gasteiger partial charge on any atom is 0.339 e. The molecule has 1 unspecified atom stereocenters. The van der Waals surface area contributed by atoms with Crippen molar-refractivity contribution in [3.05, 3.63) is 94.5 Å². The number of likely N-dealkylation sites (N-methyl/N-ethyl adjacent to an activating group) is 1. The van der Waals surface area contributed by atoms with Crippen molar-refractivity contribution in [3.8, 4) is 6.07 Å². The number of nitrogens with one attached hydrogen (secondary N) is 1. The molecule has 1 N–H and O–H groups in total. The Morgan fingerprint density at radius 3 is 2.33 bits per heavy atom. The second kappa shape index (κ2) is 9.76. The van der Waals surface area contributed by atoms with Crippen LogP contribution in [0.25, 0.3) is 0 Å². The summed E-state index contributed by atoms with van der Waals surface area (Å²) >= 11 is 0. The number of ether oxygens (including phenoxy) is 1. The van der Waals surface area contributed by atoms with Crippen LogP contribution in [0.15, 0.2) is 71.7 Å². The van der Waals surface area contributed by atoms with Crippen LogP contribution in [-0.4, -0.2) is 36.4 Å². The van der Waals surface area contributed by atoms with Crippen molar-refractivity contribution in [1.82, 2.24) is 5.32 Å². The molecule has 7 heteroatoms. The van der Waals surface area contributed by atoms with E-state index in [1.165, 1.54) is 0 Å². The number of esters is 1. The molecule has 36 heavy (non-hydrogen) atoms. The zero-order valence-corrected chi connectivity index (χ0v) is 21.0. The van der Waals surface area contributed by atoms with E-state index in [1.54, 1.807) is 55.3 Å². The summed E-state index contributed by atoms with van der Waals surface area (Å²) in [6.07, 6.45) is -0.927. The Morgan fingerprint density at radius 1 is 1.03 bits per heavy atom. The number of anilines is 2. The fourth-order valence-electron chi connectivity index (χ4n) is 4.21. The Labute approximate surface area is 211 Å². The normalized spacial score (nSPS) is 15.4. The van der Waals surface area contributed by atoms with Crippen molar-refractivity contribution in [2.45, 2.75) is 39.5 Å². The third-order valence-corrected chi connectivity index (χ3v) is 5.84. The van der Waals surface area contributed by atoms with Crippen LogP contribution in [0.1, 0.15) is 53.4 Å². The van der Waals surface area contributed by atoms with Gasteiger partial charge in [0.2, 0.25) is 0 Å². The van der Waals surface area contributed by atoms with Crippen LogP contribution in [0, 0.1) is 18.3 Å². The van der Waals surface area contributed by atoms with Crippen molar-refractivity contribution in [2.75, 3.05) is 11.9 Å². The molecule has 0 bridgehead atoms. The van der Waals surface area contributed by atoms with Gasteiger partial charge in [-0.3, -0.25) is 20.0 Å². The Morgan fingerprint density at radius 2 is 1.69 bits per heavy atom. The first-order valence-electron chi connectivity index (χ1n) is 11.7. The minimum atomic E-state index is -0.927. The number of fused-ring (bicyclic) bond motifs is 1. The molecule has 1 aliphatic heterocycles. The molecular formula is C29H28N4O3. The van der Waals surface area contributed by atoms with E-state index >= 15 is 0 Å². The van der Waals surface area contributed by atoms with Gasteiger partial charge in [-0.05, 0) is 64.6 Å². The van der Waals surface area contributed by atoms with E-state index in [9.17, 15) is 14.9 Å². The van der Waals surface area contributed by atoms with Crippen molar-refractivity contribution in [1.29, 1.82) is 5.26 Å². The molecule has 1 aliphatic rings. The van der Waals surface area contributed by atoms with Gasteiger partial charge in [-0.25, -0.2) is 4.79 Å². The summed E-state index contributed by atoms with van der Waals surface area (Å²) < 4.78 is 5.74. The fourth-order valence-corrected chi connectivity index (χ4v) is 4.21. The molecule has 0 spiro atoms. The number of amides is 1. The highest BCUT2D eigenvalue weighted by atomic mass is 16.6. The van der Waals surface area contributed by atoms with Gasteiger partial charge in [0.15, 0.2) is 6.17 Å². The predicted molar refractivity (Wildman–Crippen MR) is 140 cm³/mol. The Balaban J connectivity index is 2.07. The van der Waals surface area contributed by atoms with E-state index in [-0.39, 0.29) is 5.91 Å². The Kier molecular flexibility index (Phi) is 6.73. The van der Waals surface area contributed by atoms with Crippen LogP contribution in [0.5, 0.6) is 0 Å². The van der Waals surface area contributed by atoms with Crippen molar-refractivity contribution < 1.29 is 14.3 Å². The molecule has 7 nitrogen and oxygen atoms in total. The molecule has 1 heterocycles. The number of carbonyl (C=O) groups is 2. The van der Waals surface area contributed by atoms with Gasteiger partial charge in [-0.15, -0.1) is 0 Å². The van der Waals surface area contributed by atoms with Gasteiger partial charge in [-0.1, -0.05) is 42.5 Å². The topological polar surface area (TPSA) is 94.8 Å². The van der Waals surface area contributed by atoms with Gasteiger partial charge in [0, 0.05) is 11.1 Å². The first kappa shape index (κ1) is 24.8. The quantitative estimate of drug-likeness (QED) is 0.537. The van der Waals surface area contributed by atoms with E-state index in [4.69, 9.17) is 9.73 Å². The number of benzene rings is 3. The number of aliphatic imine (C=N–C) groups is 1. The maximum atomic E-state index is 13.9. The second-order valence-electron chi connectivity index (χ2n) is 9.47. The van der Waals surface area contributed by atoms with E-state index in [0.717, 1.165) is 5.56 Å². The summed E-state index contributed by atoms with van der Waals surface area (Å²) in [5, 5.41) is 12.6. The minimum absolute atomic E-state index is 0.300. The summed E-state index contributed by atoms with van der Waals surface area (Å²) in [4.78, 5) is 33.7. The third-order valence-electron chi connectivity index (χ3n) is 5.84. The molecule has 0 fully saturated rings. The summed E-state index contributed by atoms with van der Waals surface area (Å²) in [6.45, 7) is 7.23. The lowest BCUT2D eigenvalue weighted by molar-refractivity contribution is -0.119. The largest absolute Gasteiger partial charge is 0.456 e. The van der Waals surface area contributed by atoms with Gasteiger partial charge in [0.25, 0.3) is 5.91 Å². The van der Waals surface area contributed by atoms with Gasteiger partial charge in [0.1, 0.15) is 5.60 Å². The number of rotatable bonds is 4. The molecule has 3 aromatic rings. The number of nitriles is 1. The third kappa shape index (κ3) is 4.64. The number of hydrogen-bond acceptors (Lipinski definition) is 6. The van der Waals surface area contributed by atoms with Gasteiger partial charge in [-0.2, -0.15) is 5.26 Å². The molecule has 1 amide bonds. The molecule has 182 valence electrons. The van der Waals surface area contributed by atoms with E-state index in [0.29, 0.717) is 39.3 Å². The summed E-state index contributed by atoms with van der Waals surface area (Å²) in [7, 11) is 1.66. The summed E-state index contributed by atoms with van der Waals surface area (Å²) in [5.41, 5.74) is 3.48. The number of carbonyl (C=O) groups excluding carboxylic acids is 2. The highest BCUT2D eigenvalue weighted by molar-refractivity contribution is 6.25. The lowest BCUT2D eigenvalue weighted by Crippen LogP contribution is -2.41.